The number of nitrogens with zero attached hydrogens (tertiary/aromatic N) is 1. The van der Waals surface area contributed by atoms with Crippen LogP contribution >= 0.6 is 0 Å². The van der Waals surface area contributed by atoms with Gasteiger partial charge in [0.05, 0.1) is 13.2 Å². The van der Waals surface area contributed by atoms with E-state index < -0.39 is 0 Å². The highest BCUT2D eigenvalue weighted by Gasteiger charge is 2.19. The van der Waals surface area contributed by atoms with Gasteiger partial charge < -0.3 is 14.4 Å². The van der Waals surface area contributed by atoms with Crippen LogP contribution in [0.5, 0.6) is 0 Å². The van der Waals surface area contributed by atoms with Crippen LogP contribution in [0.25, 0.3) is 0 Å². The number of ether oxygens (including phenoxy) is 2. The molecule has 0 spiro atoms. The third-order valence-corrected chi connectivity index (χ3v) is 3.47. The second kappa shape index (κ2) is 6.21. The quantitative estimate of drug-likeness (QED) is 0.723. The molecule has 1 amide bonds. The Balaban J connectivity index is 1.65. The van der Waals surface area contributed by atoms with Gasteiger partial charge in [-0.2, -0.15) is 0 Å². The summed E-state index contributed by atoms with van der Waals surface area (Å²) in [6.45, 7) is 4.68. The maximum absolute atomic E-state index is 11.9. The van der Waals surface area contributed by atoms with Crippen LogP contribution in [0.4, 0.5) is 0 Å². The summed E-state index contributed by atoms with van der Waals surface area (Å²) in [5, 5.41) is 0. The lowest BCUT2D eigenvalue weighted by Crippen LogP contribution is -2.40. The summed E-state index contributed by atoms with van der Waals surface area (Å²) < 4.78 is 10.5. The fourth-order valence-electron chi connectivity index (χ4n) is 2.33. The summed E-state index contributed by atoms with van der Waals surface area (Å²) in [5.41, 5.74) is 0. The van der Waals surface area contributed by atoms with Crippen LogP contribution < -0.4 is 0 Å². The average Bonchev–Trinajstić information content (AvgIpc) is 2.38. The van der Waals surface area contributed by atoms with Crippen LogP contribution in [0, 0.1) is 5.92 Å². The van der Waals surface area contributed by atoms with E-state index >= 15 is 0 Å². The van der Waals surface area contributed by atoms with Crippen molar-refractivity contribution in [2.24, 2.45) is 5.92 Å². The smallest absolute Gasteiger partial charge is 0.222 e. The van der Waals surface area contributed by atoms with Crippen molar-refractivity contribution in [2.75, 3.05) is 39.5 Å². The van der Waals surface area contributed by atoms with Crippen molar-refractivity contribution in [3.8, 4) is 0 Å². The Kier molecular flexibility index (Phi) is 4.60. The first-order chi connectivity index (χ1) is 7.86. The van der Waals surface area contributed by atoms with Gasteiger partial charge in [0.25, 0.3) is 0 Å². The molecule has 0 aromatic rings. The van der Waals surface area contributed by atoms with E-state index in [-0.39, 0.29) is 0 Å². The van der Waals surface area contributed by atoms with Crippen LogP contribution in [-0.4, -0.2) is 50.3 Å². The second-order valence-corrected chi connectivity index (χ2v) is 4.59. The Morgan fingerprint density at radius 2 is 1.69 bits per heavy atom. The maximum atomic E-state index is 11.9. The summed E-state index contributed by atoms with van der Waals surface area (Å²) in [4.78, 5) is 13.8. The molecule has 4 heteroatoms. The summed E-state index contributed by atoms with van der Waals surface area (Å²) in [5.74, 6) is 0.994. The molecule has 2 heterocycles. The lowest BCUT2D eigenvalue weighted by Gasteiger charge is -2.28. The molecule has 0 radical (unpaired) electrons. The number of carbonyl (C=O) groups excluding carboxylic acids is 1. The van der Waals surface area contributed by atoms with Crippen molar-refractivity contribution in [2.45, 2.75) is 25.7 Å². The van der Waals surface area contributed by atoms with Gasteiger partial charge in [-0.25, -0.2) is 0 Å². The number of hydrogen-bond acceptors (Lipinski definition) is 3. The molecule has 16 heavy (non-hydrogen) atoms. The van der Waals surface area contributed by atoms with E-state index in [1.54, 1.807) is 0 Å². The van der Waals surface area contributed by atoms with E-state index in [4.69, 9.17) is 9.47 Å². The van der Waals surface area contributed by atoms with Crippen molar-refractivity contribution in [3.63, 3.8) is 0 Å². The Morgan fingerprint density at radius 1 is 1.06 bits per heavy atom. The normalized spacial score (nSPS) is 23.4. The third kappa shape index (κ3) is 3.46. The van der Waals surface area contributed by atoms with Crippen molar-refractivity contribution >= 4 is 5.91 Å². The topological polar surface area (TPSA) is 38.8 Å². The molecule has 0 atom stereocenters. The van der Waals surface area contributed by atoms with Crippen molar-refractivity contribution in [3.05, 3.63) is 0 Å². The van der Waals surface area contributed by atoms with Gasteiger partial charge in [-0.05, 0) is 25.2 Å². The van der Waals surface area contributed by atoms with Crippen molar-refractivity contribution in [1.29, 1.82) is 0 Å². The highest BCUT2D eigenvalue weighted by atomic mass is 16.5. The van der Waals surface area contributed by atoms with Gasteiger partial charge in [-0.15, -0.1) is 0 Å². The van der Waals surface area contributed by atoms with Gasteiger partial charge >= 0.3 is 0 Å². The van der Waals surface area contributed by atoms with Crippen molar-refractivity contribution < 1.29 is 14.3 Å². The summed E-state index contributed by atoms with van der Waals surface area (Å²) in [6.07, 6.45) is 3.97. The molecule has 2 aliphatic rings. The first-order valence-corrected chi connectivity index (χ1v) is 6.29. The van der Waals surface area contributed by atoms with Crippen LogP contribution in [0.15, 0.2) is 0 Å². The molecule has 2 saturated heterocycles. The minimum absolute atomic E-state index is 0.301. The number of carbonyl (C=O) groups is 1. The zero-order chi connectivity index (χ0) is 11.2. The number of rotatable bonds is 3. The molecule has 0 saturated carbocycles. The lowest BCUT2D eigenvalue weighted by molar-refractivity contribution is -0.135. The molecule has 0 aliphatic carbocycles. The van der Waals surface area contributed by atoms with E-state index in [1.165, 1.54) is 0 Å². The molecule has 92 valence electrons. The van der Waals surface area contributed by atoms with Gasteiger partial charge in [0.1, 0.15) is 0 Å². The zero-order valence-corrected chi connectivity index (χ0v) is 9.82. The highest BCUT2D eigenvalue weighted by Crippen LogP contribution is 2.20. The molecule has 0 N–H and O–H groups in total. The van der Waals surface area contributed by atoms with Crippen LogP contribution in [0.3, 0.4) is 0 Å². The summed E-state index contributed by atoms with van der Waals surface area (Å²) >= 11 is 0. The number of morpholine rings is 1. The van der Waals surface area contributed by atoms with E-state index in [1.807, 2.05) is 4.90 Å². The monoisotopic (exact) mass is 227 g/mol. The second-order valence-electron chi connectivity index (χ2n) is 4.59. The van der Waals surface area contributed by atoms with Crippen LogP contribution in [0.1, 0.15) is 25.7 Å². The standard InChI is InChI=1S/C12H21NO3/c14-12(13-5-9-16-10-6-13)2-1-11-3-7-15-8-4-11/h11H,1-10H2. The maximum Gasteiger partial charge on any atom is 0.222 e. The number of amides is 1. The molecule has 2 rings (SSSR count). The van der Waals surface area contributed by atoms with E-state index in [2.05, 4.69) is 0 Å². The molecule has 0 aromatic carbocycles. The minimum atomic E-state index is 0.301. The SMILES string of the molecule is O=C(CCC1CCOCC1)N1CCOCC1. The van der Waals surface area contributed by atoms with Crippen LogP contribution in [0.2, 0.25) is 0 Å². The lowest BCUT2D eigenvalue weighted by atomic mass is 9.94. The van der Waals surface area contributed by atoms with E-state index in [9.17, 15) is 4.79 Å². The minimum Gasteiger partial charge on any atom is -0.381 e. The van der Waals surface area contributed by atoms with Gasteiger partial charge in [0.2, 0.25) is 5.91 Å². The Bertz CT molecular complexity index is 220. The Hall–Kier alpha value is -0.610. The average molecular weight is 227 g/mol. The van der Waals surface area contributed by atoms with Gasteiger partial charge in [-0.3, -0.25) is 4.79 Å². The van der Waals surface area contributed by atoms with E-state index in [0.29, 0.717) is 31.5 Å². The Morgan fingerprint density at radius 3 is 2.38 bits per heavy atom. The first-order valence-electron chi connectivity index (χ1n) is 6.29. The molecule has 4 nitrogen and oxygen atoms in total. The van der Waals surface area contributed by atoms with Gasteiger partial charge in [0, 0.05) is 32.7 Å². The van der Waals surface area contributed by atoms with Gasteiger partial charge in [0.15, 0.2) is 0 Å². The van der Waals surface area contributed by atoms with Crippen molar-refractivity contribution in [1.82, 2.24) is 4.90 Å². The highest BCUT2D eigenvalue weighted by molar-refractivity contribution is 5.76. The van der Waals surface area contributed by atoms with Gasteiger partial charge in [-0.1, -0.05) is 0 Å². The Labute approximate surface area is 96.9 Å². The fraction of sp³-hybridized carbons (Fsp3) is 0.917. The zero-order valence-electron chi connectivity index (χ0n) is 9.82. The number of hydrogen-bond donors (Lipinski definition) is 0. The fourth-order valence-corrected chi connectivity index (χ4v) is 2.33. The molecular weight excluding hydrogens is 206 g/mol. The predicted octanol–water partition coefficient (Wildman–Crippen LogP) is 1.05. The molecule has 2 aliphatic heterocycles. The molecule has 0 bridgehead atoms. The third-order valence-electron chi connectivity index (χ3n) is 3.47. The molecule has 0 aromatic heterocycles. The first kappa shape index (κ1) is 11.9. The van der Waals surface area contributed by atoms with E-state index in [0.717, 1.165) is 45.6 Å². The largest absolute Gasteiger partial charge is 0.381 e. The summed E-state index contributed by atoms with van der Waals surface area (Å²) in [7, 11) is 0. The molecule has 2 fully saturated rings. The molecular formula is C12H21NO3. The molecule has 0 unspecified atom stereocenters. The van der Waals surface area contributed by atoms with Crippen LogP contribution in [-0.2, 0) is 14.3 Å². The summed E-state index contributed by atoms with van der Waals surface area (Å²) in [6, 6.07) is 0. The predicted molar refractivity (Wildman–Crippen MR) is 60.2 cm³/mol.